The minimum absolute atomic E-state index is 0.373. The highest BCUT2D eigenvalue weighted by Crippen LogP contribution is 2.17. The van der Waals surface area contributed by atoms with Gasteiger partial charge in [0.2, 0.25) is 5.13 Å². The van der Waals surface area contributed by atoms with Crippen molar-refractivity contribution in [2.24, 2.45) is 0 Å². The number of aromatic nitrogens is 2. The third kappa shape index (κ3) is 3.70. The zero-order valence-electron chi connectivity index (χ0n) is 10.6. The maximum Gasteiger partial charge on any atom is 0.202 e. The Kier molecular flexibility index (Phi) is 4.52. The lowest BCUT2D eigenvalue weighted by atomic mass is 10.2. The van der Waals surface area contributed by atoms with Gasteiger partial charge in [-0.2, -0.15) is 4.37 Å². The fourth-order valence-electron chi connectivity index (χ4n) is 1.38. The zero-order chi connectivity index (χ0) is 12.8. The Balaban J connectivity index is 1.72. The molecule has 1 heterocycles. The van der Waals surface area contributed by atoms with Crippen LogP contribution < -0.4 is 10.1 Å². The van der Waals surface area contributed by atoms with Gasteiger partial charge in [-0.05, 0) is 12.1 Å². The fourth-order valence-corrected chi connectivity index (χ4v) is 2.12. The smallest absolute Gasteiger partial charge is 0.202 e. The van der Waals surface area contributed by atoms with Crippen LogP contribution in [0.3, 0.4) is 0 Å². The molecule has 5 heteroatoms. The third-order valence-electron chi connectivity index (χ3n) is 2.35. The highest BCUT2D eigenvalue weighted by Gasteiger charge is 2.06. The Hall–Kier alpha value is -1.62. The summed E-state index contributed by atoms with van der Waals surface area (Å²) in [6.07, 6.45) is 0. The van der Waals surface area contributed by atoms with E-state index in [1.54, 1.807) is 0 Å². The van der Waals surface area contributed by atoms with E-state index in [9.17, 15) is 0 Å². The molecule has 1 N–H and O–H groups in total. The molecule has 0 saturated carbocycles. The van der Waals surface area contributed by atoms with Crippen LogP contribution in [0.1, 0.15) is 25.6 Å². The maximum absolute atomic E-state index is 5.58. The van der Waals surface area contributed by atoms with Gasteiger partial charge in [-0.1, -0.05) is 32.0 Å². The number of benzene rings is 1. The second-order valence-corrected chi connectivity index (χ2v) is 4.95. The summed E-state index contributed by atoms with van der Waals surface area (Å²) in [5.41, 5.74) is 0. The summed E-state index contributed by atoms with van der Waals surface area (Å²) >= 11 is 1.40. The van der Waals surface area contributed by atoms with Crippen molar-refractivity contribution in [3.63, 3.8) is 0 Å². The quantitative estimate of drug-likeness (QED) is 0.813. The maximum atomic E-state index is 5.58. The molecule has 2 aromatic rings. The largest absolute Gasteiger partial charge is 0.492 e. The molecule has 0 aliphatic carbocycles. The molecule has 0 bridgehead atoms. The van der Waals surface area contributed by atoms with Crippen molar-refractivity contribution in [1.82, 2.24) is 9.36 Å². The Morgan fingerprint density at radius 2 is 2.06 bits per heavy atom. The minimum Gasteiger partial charge on any atom is -0.492 e. The summed E-state index contributed by atoms with van der Waals surface area (Å²) in [7, 11) is 0. The fraction of sp³-hybridized carbons (Fsp3) is 0.385. The number of ether oxygens (including phenoxy) is 1. The van der Waals surface area contributed by atoms with E-state index in [0.29, 0.717) is 12.5 Å². The van der Waals surface area contributed by atoms with E-state index >= 15 is 0 Å². The van der Waals surface area contributed by atoms with Gasteiger partial charge in [-0.15, -0.1) is 0 Å². The van der Waals surface area contributed by atoms with Crippen molar-refractivity contribution < 1.29 is 4.74 Å². The topological polar surface area (TPSA) is 47.0 Å². The van der Waals surface area contributed by atoms with E-state index in [-0.39, 0.29) is 0 Å². The van der Waals surface area contributed by atoms with Gasteiger partial charge in [0.25, 0.3) is 0 Å². The van der Waals surface area contributed by atoms with Crippen molar-refractivity contribution in [1.29, 1.82) is 0 Å². The average Bonchev–Trinajstić information content (AvgIpc) is 2.85. The van der Waals surface area contributed by atoms with Gasteiger partial charge in [0.15, 0.2) is 0 Å². The van der Waals surface area contributed by atoms with Crippen LogP contribution in [-0.2, 0) is 0 Å². The van der Waals surface area contributed by atoms with Crippen LogP contribution in [-0.4, -0.2) is 22.5 Å². The number of hydrogen-bond donors (Lipinski definition) is 1. The molecule has 0 saturated heterocycles. The molecule has 0 atom stereocenters. The molecule has 18 heavy (non-hydrogen) atoms. The number of rotatable bonds is 6. The molecule has 0 radical (unpaired) electrons. The number of para-hydroxylation sites is 1. The van der Waals surface area contributed by atoms with Gasteiger partial charge in [-0.3, -0.25) is 0 Å². The minimum atomic E-state index is 0.373. The summed E-state index contributed by atoms with van der Waals surface area (Å²) in [5, 5.41) is 4.07. The van der Waals surface area contributed by atoms with Crippen molar-refractivity contribution in [2.45, 2.75) is 19.8 Å². The first-order chi connectivity index (χ1) is 8.75. The molecular formula is C13H17N3OS. The monoisotopic (exact) mass is 263 g/mol. The predicted molar refractivity (Wildman–Crippen MR) is 74.4 cm³/mol. The number of anilines is 1. The van der Waals surface area contributed by atoms with Crippen molar-refractivity contribution >= 4 is 16.7 Å². The Morgan fingerprint density at radius 3 is 2.72 bits per heavy atom. The van der Waals surface area contributed by atoms with Crippen LogP contribution in [0.2, 0.25) is 0 Å². The average molecular weight is 263 g/mol. The number of hydrogen-bond acceptors (Lipinski definition) is 5. The van der Waals surface area contributed by atoms with E-state index in [4.69, 9.17) is 4.74 Å². The van der Waals surface area contributed by atoms with Crippen molar-refractivity contribution in [3.8, 4) is 5.75 Å². The van der Waals surface area contributed by atoms with Gasteiger partial charge in [0.05, 0.1) is 6.54 Å². The van der Waals surface area contributed by atoms with E-state index in [0.717, 1.165) is 23.3 Å². The van der Waals surface area contributed by atoms with Crippen LogP contribution in [0, 0.1) is 0 Å². The summed E-state index contributed by atoms with van der Waals surface area (Å²) in [4.78, 5) is 4.40. The lowest BCUT2D eigenvalue weighted by Crippen LogP contribution is -2.11. The van der Waals surface area contributed by atoms with E-state index in [1.165, 1.54) is 11.5 Å². The molecule has 96 valence electrons. The molecule has 0 aliphatic heterocycles. The van der Waals surface area contributed by atoms with Gasteiger partial charge < -0.3 is 10.1 Å². The highest BCUT2D eigenvalue weighted by atomic mass is 32.1. The second-order valence-electron chi connectivity index (χ2n) is 4.20. The SMILES string of the molecule is CC(C)c1nsc(NCCOc2ccccc2)n1. The molecule has 0 aliphatic rings. The van der Waals surface area contributed by atoms with Crippen LogP contribution in [0.5, 0.6) is 5.75 Å². The molecule has 4 nitrogen and oxygen atoms in total. The summed E-state index contributed by atoms with van der Waals surface area (Å²) in [6, 6.07) is 9.79. The molecular weight excluding hydrogens is 246 g/mol. The van der Waals surface area contributed by atoms with Crippen LogP contribution in [0.15, 0.2) is 30.3 Å². The van der Waals surface area contributed by atoms with Crippen molar-refractivity contribution in [2.75, 3.05) is 18.5 Å². The van der Waals surface area contributed by atoms with Crippen molar-refractivity contribution in [3.05, 3.63) is 36.2 Å². The molecule has 0 spiro atoms. The zero-order valence-corrected chi connectivity index (χ0v) is 11.4. The standard InChI is InChI=1S/C13H17N3OS/c1-10(2)12-15-13(18-16-12)14-8-9-17-11-6-4-3-5-7-11/h3-7,10H,8-9H2,1-2H3,(H,14,15,16). The summed E-state index contributed by atoms with van der Waals surface area (Å²) < 4.78 is 9.86. The number of nitrogens with one attached hydrogen (secondary N) is 1. The van der Waals surface area contributed by atoms with E-state index in [1.807, 2.05) is 30.3 Å². The van der Waals surface area contributed by atoms with Gasteiger partial charge in [-0.25, -0.2) is 4.98 Å². The third-order valence-corrected chi connectivity index (χ3v) is 3.04. The van der Waals surface area contributed by atoms with Crippen LogP contribution in [0.25, 0.3) is 0 Å². The first-order valence-electron chi connectivity index (χ1n) is 6.01. The normalized spacial score (nSPS) is 10.6. The molecule has 0 amide bonds. The first kappa shape index (κ1) is 12.8. The molecule has 0 unspecified atom stereocenters. The van der Waals surface area contributed by atoms with E-state index < -0.39 is 0 Å². The lowest BCUT2D eigenvalue weighted by molar-refractivity contribution is 0.333. The van der Waals surface area contributed by atoms with Crippen LogP contribution in [0.4, 0.5) is 5.13 Å². The highest BCUT2D eigenvalue weighted by molar-refractivity contribution is 7.09. The predicted octanol–water partition coefficient (Wildman–Crippen LogP) is 3.15. The lowest BCUT2D eigenvalue weighted by Gasteiger charge is -2.05. The summed E-state index contributed by atoms with van der Waals surface area (Å²) in [5.74, 6) is 2.16. The number of nitrogens with zero attached hydrogens (tertiary/aromatic N) is 2. The van der Waals surface area contributed by atoms with Crippen LogP contribution >= 0.6 is 11.5 Å². The first-order valence-corrected chi connectivity index (χ1v) is 6.78. The Morgan fingerprint density at radius 1 is 1.28 bits per heavy atom. The molecule has 2 rings (SSSR count). The van der Waals surface area contributed by atoms with Gasteiger partial charge in [0.1, 0.15) is 18.2 Å². The van der Waals surface area contributed by atoms with Gasteiger partial charge >= 0.3 is 0 Å². The molecule has 1 aromatic carbocycles. The Labute approximate surface area is 111 Å². The van der Waals surface area contributed by atoms with E-state index in [2.05, 4.69) is 28.5 Å². The molecule has 0 fully saturated rings. The van der Waals surface area contributed by atoms with Gasteiger partial charge in [0, 0.05) is 17.5 Å². The molecule has 1 aromatic heterocycles. The summed E-state index contributed by atoms with van der Waals surface area (Å²) in [6.45, 7) is 5.51. The Bertz CT molecular complexity index is 470. The second kappa shape index (κ2) is 6.35.